The van der Waals surface area contributed by atoms with Crippen molar-refractivity contribution in [2.45, 2.75) is 49.2 Å². The lowest BCUT2D eigenvalue weighted by atomic mass is 10.2. The zero-order valence-corrected chi connectivity index (χ0v) is 20.0. The second-order valence-corrected chi connectivity index (χ2v) is 9.13. The summed E-state index contributed by atoms with van der Waals surface area (Å²) in [5, 5.41) is 0.698. The van der Waals surface area contributed by atoms with Crippen molar-refractivity contribution in [1.29, 1.82) is 0 Å². The number of carbonyl (C=O) groups is 1. The number of carbonyl (C=O) groups excluding carboxylic acids is 1. The Bertz CT molecular complexity index is 1380. The number of aromatic nitrogens is 5. The van der Waals surface area contributed by atoms with E-state index in [2.05, 4.69) is 15.0 Å². The highest BCUT2D eigenvalue weighted by molar-refractivity contribution is 7.99. The fourth-order valence-corrected chi connectivity index (χ4v) is 4.90. The van der Waals surface area contributed by atoms with Gasteiger partial charge in [0.2, 0.25) is 11.8 Å². The Labute approximate surface area is 205 Å². The van der Waals surface area contributed by atoms with Crippen molar-refractivity contribution in [2.24, 2.45) is 5.73 Å². The molecule has 0 aliphatic carbocycles. The van der Waals surface area contributed by atoms with Gasteiger partial charge >= 0.3 is 0 Å². The Hall–Kier alpha value is -3.80. The number of nitrogens with two attached hydrogens (primary N) is 2. The van der Waals surface area contributed by atoms with Crippen LogP contribution in [0, 0.1) is 6.92 Å². The number of amides is 1. The van der Waals surface area contributed by atoms with E-state index < -0.39 is 0 Å². The topological polar surface area (TPSA) is 157 Å². The van der Waals surface area contributed by atoms with E-state index >= 15 is 0 Å². The normalized spacial score (nSPS) is 12.8. The molecule has 4 aromatic rings. The number of anilines is 1. The number of unbranched alkanes of at least 4 members (excludes halogenated alkanes) is 2. The summed E-state index contributed by atoms with van der Waals surface area (Å²) in [5.41, 5.74) is 13.3. The molecular weight excluding hydrogens is 470 g/mol. The van der Waals surface area contributed by atoms with Crippen LogP contribution in [0.25, 0.3) is 22.6 Å². The molecule has 4 heterocycles. The van der Waals surface area contributed by atoms with Gasteiger partial charge in [-0.15, -0.1) is 0 Å². The van der Waals surface area contributed by atoms with Crippen LogP contribution in [0.15, 0.2) is 39.1 Å². The van der Waals surface area contributed by atoms with Gasteiger partial charge in [0, 0.05) is 17.9 Å². The summed E-state index contributed by atoms with van der Waals surface area (Å²) < 4.78 is 19.5. The van der Waals surface area contributed by atoms with E-state index in [0.29, 0.717) is 71.5 Å². The largest absolute Gasteiger partial charge is 0.486 e. The van der Waals surface area contributed by atoms with Crippen LogP contribution in [0.1, 0.15) is 31.4 Å². The van der Waals surface area contributed by atoms with Crippen LogP contribution in [-0.4, -0.2) is 43.6 Å². The molecule has 35 heavy (non-hydrogen) atoms. The monoisotopic (exact) mass is 495 g/mol. The van der Waals surface area contributed by atoms with Crippen molar-refractivity contribution in [1.82, 2.24) is 24.5 Å². The van der Waals surface area contributed by atoms with E-state index in [-0.39, 0.29) is 5.91 Å². The zero-order valence-electron chi connectivity index (χ0n) is 19.2. The van der Waals surface area contributed by atoms with Gasteiger partial charge in [-0.1, -0.05) is 18.2 Å². The van der Waals surface area contributed by atoms with E-state index in [0.717, 1.165) is 29.7 Å². The van der Waals surface area contributed by atoms with Gasteiger partial charge in [0.05, 0.1) is 11.8 Å². The molecule has 0 unspecified atom stereocenters. The molecule has 0 radical (unpaired) electrons. The first kappa shape index (κ1) is 23.0. The number of hydrogen-bond acceptors (Lipinski definition) is 10. The molecule has 11 nitrogen and oxygen atoms in total. The molecule has 3 aromatic heterocycles. The average molecular weight is 496 g/mol. The molecule has 0 bridgehead atoms. The van der Waals surface area contributed by atoms with Gasteiger partial charge in [-0.2, -0.15) is 0 Å². The first-order valence-electron chi connectivity index (χ1n) is 11.3. The predicted molar refractivity (Wildman–Crippen MR) is 129 cm³/mol. The predicted octanol–water partition coefficient (Wildman–Crippen LogP) is 3.34. The lowest BCUT2D eigenvalue weighted by Gasteiger charge is -2.20. The Morgan fingerprint density at radius 3 is 2.66 bits per heavy atom. The number of imidazole rings is 1. The first-order chi connectivity index (χ1) is 17.0. The molecule has 1 aromatic carbocycles. The summed E-state index contributed by atoms with van der Waals surface area (Å²) in [6.07, 6.45) is 5.89. The lowest BCUT2D eigenvalue weighted by molar-refractivity contribution is -0.118. The Kier molecular flexibility index (Phi) is 6.45. The van der Waals surface area contributed by atoms with Gasteiger partial charge in [-0.05, 0) is 31.9 Å². The molecule has 1 amide bonds. The summed E-state index contributed by atoms with van der Waals surface area (Å²) in [6.45, 7) is 3.45. The summed E-state index contributed by atoms with van der Waals surface area (Å²) >= 11 is 1.44. The smallest absolute Gasteiger partial charge is 0.227 e. The lowest BCUT2D eigenvalue weighted by Crippen LogP contribution is -2.15. The maximum absolute atomic E-state index is 11.1. The van der Waals surface area contributed by atoms with Crippen molar-refractivity contribution in [2.75, 3.05) is 18.9 Å². The molecular formula is C23H25N7O4S. The van der Waals surface area contributed by atoms with Crippen molar-refractivity contribution in [3.63, 3.8) is 0 Å². The number of ether oxygens (including phenoxy) is 2. The van der Waals surface area contributed by atoms with Gasteiger partial charge in [-0.3, -0.25) is 4.79 Å². The summed E-state index contributed by atoms with van der Waals surface area (Å²) in [5.74, 6) is 2.51. The van der Waals surface area contributed by atoms with Crippen molar-refractivity contribution >= 4 is 34.7 Å². The first-order valence-corrected chi connectivity index (χ1v) is 12.1. The molecule has 182 valence electrons. The van der Waals surface area contributed by atoms with Gasteiger partial charge in [-0.25, -0.2) is 19.9 Å². The summed E-state index contributed by atoms with van der Waals surface area (Å²) in [4.78, 5) is 29.6. The molecule has 0 atom stereocenters. The molecule has 12 heteroatoms. The van der Waals surface area contributed by atoms with E-state index in [1.165, 1.54) is 18.1 Å². The van der Waals surface area contributed by atoms with Crippen LogP contribution in [0.2, 0.25) is 0 Å². The van der Waals surface area contributed by atoms with Crippen molar-refractivity contribution < 1.29 is 18.7 Å². The third kappa shape index (κ3) is 4.87. The third-order valence-corrected chi connectivity index (χ3v) is 6.58. The quantitative estimate of drug-likeness (QED) is 0.330. The van der Waals surface area contributed by atoms with Crippen molar-refractivity contribution in [3.05, 3.63) is 30.4 Å². The fraction of sp³-hybridized carbons (Fsp3) is 0.348. The molecule has 0 saturated heterocycles. The second-order valence-electron chi connectivity index (χ2n) is 8.12. The maximum Gasteiger partial charge on any atom is 0.227 e. The van der Waals surface area contributed by atoms with Crippen LogP contribution in [0.4, 0.5) is 5.82 Å². The Balaban J connectivity index is 1.52. The van der Waals surface area contributed by atoms with Crippen LogP contribution in [0.5, 0.6) is 11.5 Å². The molecule has 1 aliphatic rings. The number of primary amides is 1. The van der Waals surface area contributed by atoms with E-state index in [1.807, 2.05) is 23.6 Å². The van der Waals surface area contributed by atoms with Crippen LogP contribution in [0.3, 0.4) is 0 Å². The molecule has 0 fully saturated rings. The summed E-state index contributed by atoms with van der Waals surface area (Å²) in [7, 11) is 0. The Morgan fingerprint density at radius 2 is 1.91 bits per heavy atom. The van der Waals surface area contributed by atoms with Crippen LogP contribution < -0.4 is 20.9 Å². The molecule has 0 saturated carbocycles. The minimum Gasteiger partial charge on any atom is -0.486 e. The second kappa shape index (κ2) is 9.82. The minimum absolute atomic E-state index is 0.289. The highest BCUT2D eigenvalue weighted by Crippen LogP contribution is 2.44. The Morgan fingerprint density at radius 1 is 1.11 bits per heavy atom. The van der Waals surface area contributed by atoms with Crippen molar-refractivity contribution in [3.8, 4) is 23.0 Å². The average Bonchev–Trinajstić information content (AvgIpc) is 3.42. The number of benzene rings is 1. The highest BCUT2D eigenvalue weighted by atomic mass is 32.2. The minimum atomic E-state index is -0.289. The zero-order chi connectivity index (χ0) is 24.4. The molecule has 1 aliphatic heterocycles. The number of rotatable bonds is 9. The summed E-state index contributed by atoms with van der Waals surface area (Å²) in [6, 6.07) is 3.80. The van der Waals surface area contributed by atoms with E-state index in [9.17, 15) is 4.79 Å². The van der Waals surface area contributed by atoms with E-state index in [1.54, 1.807) is 6.20 Å². The van der Waals surface area contributed by atoms with Gasteiger partial charge < -0.3 is 29.9 Å². The number of hydrogen-bond donors (Lipinski definition) is 2. The maximum atomic E-state index is 11.1. The SMILES string of the molecule is Cc1cnc(-c2cc3c(cc2Sc2nc4c(N)ncnc4n2CCCCCC(N)=O)OCCO3)o1. The van der Waals surface area contributed by atoms with Crippen LogP contribution in [-0.2, 0) is 11.3 Å². The standard InChI is InChI=1S/C23H25N7O4S/c1-13-11-26-22(34-13)14-9-15-16(33-8-7-32-15)10-17(14)35-23-29-19-20(25)27-12-28-21(19)30(23)6-4-2-3-5-18(24)31/h9-12H,2-8H2,1H3,(H2,24,31)(H2,25,27,28). The number of fused-ring (bicyclic) bond motifs is 2. The van der Waals surface area contributed by atoms with E-state index in [4.69, 9.17) is 30.3 Å². The number of nitrogens with zero attached hydrogens (tertiary/aromatic N) is 5. The molecule has 5 rings (SSSR count). The van der Waals surface area contributed by atoms with Crippen LogP contribution >= 0.6 is 11.8 Å². The number of oxazole rings is 1. The number of nitrogen functional groups attached to an aromatic ring is 1. The van der Waals surface area contributed by atoms with Gasteiger partial charge in [0.1, 0.15) is 25.3 Å². The molecule has 4 N–H and O–H groups in total. The third-order valence-electron chi connectivity index (χ3n) is 5.53. The highest BCUT2D eigenvalue weighted by Gasteiger charge is 2.23. The number of aryl methyl sites for hydroxylation is 2. The van der Waals surface area contributed by atoms with Gasteiger partial charge in [0.25, 0.3) is 0 Å². The fourth-order valence-electron chi connectivity index (χ4n) is 3.86. The van der Waals surface area contributed by atoms with Gasteiger partial charge in [0.15, 0.2) is 33.6 Å². The molecule has 0 spiro atoms.